The molecule has 0 saturated carbocycles. The third-order valence-corrected chi connectivity index (χ3v) is 3.04. The van der Waals surface area contributed by atoms with Crippen molar-refractivity contribution in [2.45, 2.75) is 32.2 Å². The van der Waals surface area contributed by atoms with E-state index in [2.05, 4.69) is 0 Å². The lowest BCUT2D eigenvalue weighted by molar-refractivity contribution is -0.130. The van der Waals surface area contributed by atoms with E-state index in [0.29, 0.717) is 13.0 Å². The van der Waals surface area contributed by atoms with Crippen molar-refractivity contribution in [3.63, 3.8) is 0 Å². The van der Waals surface area contributed by atoms with Gasteiger partial charge in [-0.3, -0.25) is 4.79 Å². The number of para-hydroxylation sites is 1. The molecular weight excluding hydrogens is 259 g/mol. The van der Waals surface area contributed by atoms with Crippen LogP contribution < -0.4 is 10.5 Å². The first-order valence-electron chi connectivity index (χ1n) is 6.91. The molecule has 4 nitrogen and oxygen atoms in total. The summed E-state index contributed by atoms with van der Waals surface area (Å²) in [7, 11) is 1.70. The molecule has 0 aliphatic rings. The van der Waals surface area contributed by atoms with Crippen molar-refractivity contribution in [1.29, 1.82) is 0 Å². The van der Waals surface area contributed by atoms with Gasteiger partial charge in [0.15, 0.2) is 11.6 Å². The fourth-order valence-corrected chi connectivity index (χ4v) is 1.83. The average molecular weight is 282 g/mol. The van der Waals surface area contributed by atoms with E-state index >= 15 is 0 Å². The smallest absolute Gasteiger partial charge is 0.223 e. The summed E-state index contributed by atoms with van der Waals surface area (Å²) in [5.74, 6) is -0.203. The van der Waals surface area contributed by atoms with Gasteiger partial charge in [-0.25, -0.2) is 4.39 Å². The Morgan fingerprint density at radius 3 is 2.80 bits per heavy atom. The van der Waals surface area contributed by atoms with E-state index in [1.54, 1.807) is 30.1 Å². The fraction of sp³-hybridized carbons (Fsp3) is 0.533. The first-order valence-corrected chi connectivity index (χ1v) is 6.91. The summed E-state index contributed by atoms with van der Waals surface area (Å²) >= 11 is 0. The summed E-state index contributed by atoms with van der Waals surface area (Å²) in [6.45, 7) is 2.70. The van der Waals surface area contributed by atoms with Crippen LogP contribution in [0.15, 0.2) is 24.3 Å². The van der Waals surface area contributed by atoms with E-state index in [4.69, 9.17) is 10.5 Å². The summed E-state index contributed by atoms with van der Waals surface area (Å²) < 4.78 is 18.6. The van der Waals surface area contributed by atoms with Crippen LogP contribution in [0.5, 0.6) is 5.75 Å². The highest BCUT2D eigenvalue weighted by molar-refractivity contribution is 5.76. The van der Waals surface area contributed by atoms with E-state index in [0.717, 1.165) is 12.8 Å². The summed E-state index contributed by atoms with van der Waals surface area (Å²) in [6, 6.07) is 6.12. The van der Waals surface area contributed by atoms with Gasteiger partial charge in [0.2, 0.25) is 5.91 Å². The monoisotopic (exact) mass is 282 g/mol. The number of nitrogens with zero attached hydrogens (tertiary/aromatic N) is 1. The maximum Gasteiger partial charge on any atom is 0.223 e. The molecule has 0 spiro atoms. The Morgan fingerprint density at radius 2 is 2.15 bits per heavy atom. The number of carbonyl (C=O) groups excluding carboxylic acids is 1. The van der Waals surface area contributed by atoms with Crippen molar-refractivity contribution in [2.75, 3.05) is 20.2 Å². The molecule has 1 unspecified atom stereocenters. The van der Waals surface area contributed by atoms with Crippen molar-refractivity contribution in [3.8, 4) is 5.75 Å². The van der Waals surface area contributed by atoms with E-state index < -0.39 is 5.82 Å². The number of carbonyl (C=O) groups is 1. The van der Waals surface area contributed by atoms with Gasteiger partial charge in [-0.2, -0.15) is 0 Å². The van der Waals surface area contributed by atoms with E-state index in [-0.39, 0.29) is 24.3 Å². The van der Waals surface area contributed by atoms with Gasteiger partial charge < -0.3 is 15.4 Å². The number of nitrogens with two attached hydrogens (primary N) is 1. The van der Waals surface area contributed by atoms with Crippen molar-refractivity contribution >= 4 is 5.91 Å². The van der Waals surface area contributed by atoms with Crippen molar-refractivity contribution < 1.29 is 13.9 Å². The number of ether oxygens (including phenoxy) is 1. The Morgan fingerprint density at radius 1 is 1.45 bits per heavy atom. The Balaban J connectivity index is 2.31. The highest BCUT2D eigenvalue weighted by Gasteiger charge is 2.13. The standard InChI is InChI=1S/C15H23FN2O2/c1-3-6-12(17)11-15(19)18(2)9-10-20-14-8-5-4-7-13(14)16/h4-5,7-8,12H,3,6,9-11,17H2,1-2H3. The summed E-state index contributed by atoms with van der Waals surface area (Å²) in [5, 5.41) is 0. The van der Waals surface area contributed by atoms with Crippen LogP contribution in [0.1, 0.15) is 26.2 Å². The van der Waals surface area contributed by atoms with E-state index in [1.807, 2.05) is 6.92 Å². The van der Waals surface area contributed by atoms with E-state index in [1.165, 1.54) is 6.07 Å². The Labute approximate surface area is 119 Å². The van der Waals surface area contributed by atoms with Gasteiger partial charge in [-0.05, 0) is 18.6 Å². The van der Waals surface area contributed by atoms with Gasteiger partial charge in [-0.1, -0.05) is 25.5 Å². The lowest BCUT2D eigenvalue weighted by Crippen LogP contribution is -2.35. The zero-order valence-electron chi connectivity index (χ0n) is 12.1. The predicted octanol–water partition coefficient (Wildman–Crippen LogP) is 2.18. The average Bonchev–Trinajstić information content (AvgIpc) is 2.41. The third kappa shape index (κ3) is 5.57. The van der Waals surface area contributed by atoms with Gasteiger partial charge >= 0.3 is 0 Å². The highest BCUT2D eigenvalue weighted by Crippen LogP contribution is 2.15. The lowest BCUT2D eigenvalue weighted by Gasteiger charge is -2.19. The minimum Gasteiger partial charge on any atom is -0.489 e. The molecule has 20 heavy (non-hydrogen) atoms. The molecule has 0 radical (unpaired) electrons. The summed E-state index contributed by atoms with van der Waals surface area (Å²) in [4.78, 5) is 13.4. The number of halogens is 1. The largest absolute Gasteiger partial charge is 0.489 e. The summed E-state index contributed by atoms with van der Waals surface area (Å²) in [5.41, 5.74) is 5.83. The fourth-order valence-electron chi connectivity index (χ4n) is 1.83. The molecule has 2 N–H and O–H groups in total. The van der Waals surface area contributed by atoms with Crippen LogP contribution in [0.25, 0.3) is 0 Å². The van der Waals surface area contributed by atoms with Crippen LogP contribution in [0, 0.1) is 5.82 Å². The van der Waals surface area contributed by atoms with Crippen molar-refractivity contribution in [1.82, 2.24) is 4.90 Å². The van der Waals surface area contributed by atoms with Gasteiger partial charge in [0, 0.05) is 19.5 Å². The van der Waals surface area contributed by atoms with Crippen LogP contribution >= 0.6 is 0 Å². The normalized spacial score (nSPS) is 12.0. The number of likely N-dealkylation sites (N-methyl/N-ethyl adjacent to an activating group) is 1. The molecule has 1 atom stereocenters. The molecule has 0 aliphatic heterocycles. The van der Waals surface area contributed by atoms with Gasteiger partial charge in [0.05, 0.1) is 6.54 Å². The van der Waals surface area contributed by atoms with Crippen LogP contribution in [-0.4, -0.2) is 37.0 Å². The van der Waals surface area contributed by atoms with Crippen molar-refractivity contribution in [2.24, 2.45) is 5.73 Å². The van der Waals surface area contributed by atoms with E-state index in [9.17, 15) is 9.18 Å². The maximum absolute atomic E-state index is 13.3. The number of benzene rings is 1. The lowest BCUT2D eigenvalue weighted by atomic mass is 10.1. The first-order chi connectivity index (χ1) is 9.54. The number of hydrogen-bond donors (Lipinski definition) is 1. The molecular formula is C15H23FN2O2. The predicted molar refractivity (Wildman–Crippen MR) is 77.0 cm³/mol. The molecule has 5 heteroatoms. The van der Waals surface area contributed by atoms with Crippen LogP contribution in [0.4, 0.5) is 4.39 Å². The first kappa shape index (κ1) is 16.4. The molecule has 1 amide bonds. The molecule has 0 aliphatic carbocycles. The second kappa shape index (κ2) is 8.53. The Bertz CT molecular complexity index is 426. The quantitative estimate of drug-likeness (QED) is 0.795. The molecule has 1 aromatic rings. The minimum atomic E-state index is -0.397. The molecule has 112 valence electrons. The van der Waals surface area contributed by atoms with Crippen LogP contribution in [0.2, 0.25) is 0 Å². The van der Waals surface area contributed by atoms with Crippen molar-refractivity contribution in [3.05, 3.63) is 30.1 Å². The zero-order chi connectivity index (χ0) is 15.0. The molecule has 0 saturated heterocycles. The van der Waals surface area contributed by atoms with Crippen LogP contribution in [0.3, 0.4) is 0 Å². The second-order valence-electron chi connectivity index (χ2n) is 4.85. The van der Waals surface area contributed by atoms with Gasteiger partial charge in [0.25, 0.3) is 0 Å². The van der Waals surface area contributed by atoms with Crippen LogP contribution in [-0.2, 0) is 4.79 Å². The highest BCUT2D eigenvalue weighted by atomic mass is 19.1. The molecule has 0 fully saturated rings. The minimum absolute atomic E-state index is 0.0110. The molecule has 1 aromatic carbocycles. The molecule has 0 bridgehead atoms. The SMILES string of the molecule is CCCC(N)CC(=O)N(C)CCOc1ccccc1F. The third-order valence-electron chi connectivity index (χ3n) is 3.04. The zero-order valence-corrected chi connectivity index (χ0v) is 12.1. The maximum atomic E-state index is 13.3. The topological polar surface area (TPSA) is 55.6 Å². The molecule has 0 heterocycles. The number of hydrogen-bond acceptors (Lipinski definition) is 3. The summed E-state index contributed by atoms with van der Waals surface area (Å²) in [6.07, 6.45) is 2.14. The Kier molecular flexibility index (Phi) is 7.01. The second-order valence-corrected chi connectivity index (χ2v) is 4.85. The number of rotatable bonds is 8. The van der Waals surface area contributed by atoms with Gasteiger partial charge in [0.1, 0.15) is 6.61 Å². The molecule has 1 rings (SSSR count). The Hall–Kier alpha value is -1.62. The number of amides is 1. The molecule has 0 aromatic heterocycles. The van der Waals surface area contributed by atoms with Gasteiger partial charge in [-0.15, -0.1) is 0 Å².